The lowest BCUT2D eigenvalue weighted by molar-refractivity contribution is -0.156. The number of esters is 1. The summed E-state index contributed by atoms with van der Waals surface area (Å²) in [5.74, 6) is -2.78. The van der Waals surface area contributed by atoms with Crippen molar-refractivity contribution >= 4 is 29.2 Å². The molecule has 0 radical (unpaired) electrons. The molecule has 3 aliphatic rings. The standard InChI is InChI=1S/C34H48N2O6/c1-23(37)32(40)26(17-24-13-10-14-24)18-30(38)29-21-35(20-25-11-6-5-7-12-25)22-36(29)33(41)28(34(2,3)4)19-31(39)42-27-15-8-9-16-27/h5-7,11-12,24,26-29H,8-10,13-22H2,1-4H3/t26?,28-,29+/m1/s1. The number of carbonyl (C=O) groups is 5. The monoisotopic (exact) mass is 580 g/mol. The molecule has 0 bridgehead atoms. The minimum Gasteiger partial charge on any atom is -0.462 e. The molecule has 42 heavy (non-hydrogen) atoms. The zero-order valence-electron chi connectivity index (χ0n) is 25.8. The van der Waals surface area contributed by atoms with E-state index >= 15 is 0 Å². The van der Waals surface area contributed by atoms with Crippen LogP contribution in [0.15, 0.2) is 30.3 Å². The smallest absolute Gasteiger partial charge is 0.306 e. The molecule has 4 rings (SSSR count). The number of rotatable bonds is 13. The van der Waals surface area contributed by atoms with Gasteiger partial charge in [-0.1, -0.05) is 70.4 Å². The molecule has 1 aliphatic heterocycles. The minimum absolute atomic E-state index is 0.0396. The van der Waals surface area contributed by atoms with E-state index in [4.69, 9.17) is 4.74 Å². The fraction of sp³-hybridized carbons (Fsp3) is 0.676. The van der Waals surface area contributed by atoms with Crippen molar-refractivity contribution in [1.29, 1.82) is 0 Å². The van der Waals surface area contributed by atoms with Gasteiger partial charge in [0.25, 0.3) is 0 Å². The molecule has 1 amide bonds. The summed E-state index contributed by atoms with van der Waals surface area (Å²) in [7, 11) is 0. The van der Waals surface area contributed by atoms with Gasteiger partial charge < -0.3 is 9.64 Å². The van der Waals surface area contributed by atoms with E-state index in [0.29, 0.717) is 25.4 Å². The number of benzene rings is 1. The molecule has 0 aromatic heterocycles. The van der Waals surface area contributed by atoms with E-state index in [1.807, 2.05) is 51.1 Å². The molecule has 1 aromatic rings. The van der Waals surface area contributed by atoms with Crippen LogP contribution in [-0.2, 0) is 35.3 Å². The van der Waals surface area contributed by atoms with Gasteiger partial charge in [-0.3, -0.25) is 28.9 Å². The highest BCUT2D eigenvalue weighted by Gasteiger charge is 2.45. The van der Waals surface area contributed by atoms with Crippen LogP contribution in [0.5, 0.6) is 0 Å². The molecule has 8 nitrogen and oxygen atoms in total. The van der Waals surface area contributed by atoms with Crippen LogP contribution in [0.4, 0.5) is 0 Å². The maximum atomic E-state index is 14.3. The van der Waals surface area contributed by atoms with Crippen molar-refractivity contribution in [2.45, 2.75) is 111 Å². The highest BCUT2D eigenvalue weighted by Crippen LogP contribution is 2.36. The summed E-state index contributed by atoms with van der Waals surface area (Å²) in [6.07, 6.45) is 7.31. The van der Waals surface area contributed by atoms with Gasteiger partial charge in [-0.25, -0.2) is 0 Å². The second kappa shape index (κ2) is 14.1. The molecular weight excluding hydrogens is 532 g/mol. The van der Waals surface area contributed by atoms with Crippen molar-refractivity contribution in [3.8, 4) is 0 Å². The first kappa shape index (κ1) is 32.1. The van der Waals surface area contributed by atoms with E-state index in [-0.39, 0.29) is 43.3 Å². The third-order valence-corrected chi connectivity index (χ3v) is 9.39. The second-order valence-corrected chi connectivity index (χ2v) is 13.8. The largest absolute Gasteiger partial charge is 0.462 e. The summed E-state index contributed by atoms with van der Waals surface area (Å²) < 4.78 is 5.72. The SMILES string of the molecule is CC(=O)C(=O)C(CC(=O)[C@@H]1CN(Cc2ccccc2)CN1C(=O)[C@@H](CC(=O)OC1CCCC1)C(C)(C)C)CC1CCC1. The maximum absolute atomic E-state index is 14.3. The molecule has 0 spiro atoms. The Morgan fingerprint density at radius 3 is 2.17 bits per heavy atom. The molecule has 2 aliphatic carbocycles. The molecule has 1 aromatic carbocycles. The van der Waals surface area contributed by atoms with Gasteiger partial charge in [-0.15, -0.1) is 0 Å². The highest BCUT2D eigenvalue weighted by molar-refractivity contribution is 6.37. The normalized spacial score (nSPS) is 21.5. The summed E-state index contributed by atoms with van der Waals surface area (Å²) in [6.45, 7) is 8.24. The Balaban J connectivity index is 1.54. The molecule has 8 heteroatoms. The van der Waals surface area contributed by atoms with Gasteiger partial charge in [0.15, 0.2) is 11.6 Å². The summed E-state index contributed by atoms with van der Waals surface area (Å²) in [5.41, 5.74) is 0.531. The predicted octanol–water partition coefficient (Wildman–Crippen LogP) is 5.12. The number of hydrogen-bond donors (Lipinski definition) is 0. The Hall–Kier alpha value is -2.87. The number of ketones is 3. The lowest BCUT2D eigenvalue weighted by Crippen LogP contribution is -2.48. The van der Waals surface area contributed by atoms with Crippen molar-refractivity contribution in [2.75, 3.05) is 13.2 Å². The highest BCUT2D eigenvalue weighted by atomic mass is 16.5. The van der Waals surface area contributed by atoms with Crippen LogP contribution in [0.2, 0.25) is 0 Å². The van der Waals surface area contributed by atoms with E-state index in [9.17, 15) is 24.0 Å². The summed E-state index contributed by atoms with van der Waals surface area (Å²) in [4.78, 5) is 69.8. The second-order valence-electron chi connectivity index (χ2n) is 13.8. The topological polar surface area (TPSA) is 101 Å². The van der Waals surface area contributed by atoms with E-state index in [1.54, 1.807) is 4.90 Å². The summed E-state index contributed by atoms with van der Waals surface area (Å²) in [6, 6.07) is 9.14. The van der Waals surface area contributed by atoms with Gasteiger partial charge in [0.1, 0.15) is 12.1 Å². The van der Waals surface area contributed by atoms with Crippen molar-refractivity contribution in [3.63, 3.8) is 0 Å². The van der Waals surface area contributed by atoms with Crippen LogP contribution in [0.25, 0.3) is 0 Å². The fourth-order valence-electron chi connectivity index (χ4n) is 6.62. The van der Waals surface area contributed by atoms with E-state index in [2.05, 4.69) is 4.90 Å². The third-order valence-electron chi connectivity index (χ3n) is 9.39. The Bertz CT molecular complexity index is 1130. The van der Waals surface area contributed by atoms with E-state index < -0.39 is 34.9 Å². The maximum Gasteiger partial charge on any atom is 0.306 e. The van der Waals surface area contributed by atoms with Gasteiger partial charge in [0, 0.05) is 32.4 Å². The average molecular weight is 581 g/mol. The van der Waals surface area contributed by atoms with Crippen LogP contribution < -0.4 is 0 Å². The fourth-order valence-corrected chi connectivity index (χ4v) is 6.62. The molecular formula is C34H48N2O6. The molecule has 3 atom stereocenters. The Morgan fingerprint density at radius 1 is 0.929 bits per heavy atom. The van der Waals surface area contributed by atoms with Crippen molar-refractivity contribution in [1.82, 2.24) is 9.80 Å². The summed E-state index contributed by atoms with van der Waals surface area (Å²) in [5, 5.41) is 0. The Morgan fingerprint density at radius 2 is 1.60 bits per heavy atom. The predicted molar refractivity (Wildman–Crippen MR) is 159 cm³/mol. The van der Waals surface area contributed by atoms with Gasteiger partial charge in [-0.2, -0.15) is 0 Å². The average Bonchev–Trinajstić information content (AvgIpc) is 3.57. The third kappa shape index (κ3) is 8.36. The van der Waals surface area contributed by atoms with Crippen LogP contribution in [0.1, 0.15) is 97.5 Å². The van der Waals surface area contributed by atoms with Crippen LogP contribution in [0.3, 0.4) is 0 Å². The number of carbonyl (C=O) groups excluding carboxylic acids is 5. The van der Waals surface area contributed by atoms with E-state index in [1.165, 1.54) is 6.92 Å². The number of ether oxygens (including phenoxy) is 1. The van der Waals surface area contributed by atoms with Gasteiger partial charge in [0.05, 0.1) is 19.0 Å². The zero-order valence-corrected chi connectivity index (χ0v) is 25.8. The van der Waals surface area contributed by atoms with Crippen LogP contribution in [0, 0.1) is 23.2 Å². The Labute approximate surface area is 250 Å². The number of hydrogen-bond acceptors (Lipinski definition) is 7. The first-order valence-corrected chi connectivity index (χ1v) is 15.8. The molecule has 1 heterocycles. The van der Waals surface area contributed by atoms with Gasteiger partial charge in [-0.05, 0) is 49.0 Å². The quantitative estimate of drug-likeness (QED) is 0.236. The van der Waals surface area contributed by atoms with Crippen LogP contribution >= 0.6 is 0 Å². The van der Waals surface area contributed by atoms with Gasteiger partial charge in [0.2, 0.25) is 11.7 Å². The summed E-state index contributed by atoms with van der Waals surface area (Å²) >= 11 is 0. The first-order valence-electron chi connectivity index (χ1n) is 15.8. The lowest BCUT2D eigenvalue weighted by Gasteiger charge is -2.35. The number of nitrogens with zero attached hydrogens (tertiary/aromatic N) is 2. The van der Waals surface area contributed by atoms with Crippen molar-refractivity contribution < 1.29 is 28.7 Å². The van der Waals surface area contributed by atoms with Crippen molar-refractivity contribution in [2.24, 2.45) is 23.2 Å². The van der Waals surface area contributed by atoms with Crippen molar-refractivity contribution in [3.05, 3.63) is 35.9 Å². The molecule has 1 unspecified atom stereocenters. The molecule has 3 fully saturated rings. The van der Waals surface area contributed by atoms with Gasteiger partial charge >= 0.3 is 5.97 Å². The number of Topliss-reactive ketones (excluding diaryl/α,β-unsaturated/α-hetero) is 3. The Kier molecular flexibility index (Phi) is 10.7. The van der Waals surface area contributed by atoms with E-state index in [0.717, 1.165) is 50.5 Å². The first-order chi connectivity index (χ1) is 19.9. The molecule has 230 valence electrons. The lowest BCUT2D eigenvalue weighted by atomic mass is 9.75. The molecule has 2 saturated carbocycles. The zero-order chi connectivity index (χ0) is 30.4. The molecule has 1 saturated heterocycles. The van der Waals surface area contributed by atoms with Crippen LogP contribution in [-0.4, -0.2) is 64.4 Å². The number of amides is 1. The molecule has 0 N–H and O–H groups in total. The minimum atomic E-state index is -0.749.